The average molecular weight is 914 g/mol. The van der Waals surface area contributed by atoms with Gasteiger partial charge in [0.15, 0.2) is 6.10 Å². The molecule has 0 aliphatic heterocycles. The van der Waals surface area contributed by atoms with Crippen LogP contribution in [0.2, 0.25) is 0 Å². The van der Waals surface area contributed by atoms with Crippen LogP contribution in [0.25, 0.3) is 0 Å². The van der Waals surface area contributed by atoms with Gasteiger partial charge in [0, 0.05) is 19.3 Å². The summed E-state index contributed by atoms with van der Waals surface area (Å²) in [6, 6.07) is 0. The predicted octanol–water partition coefficient (Wildman–Crippen LogP) is 18.9. The minimum absolute atomic E-state index is 0.0731. The molecular formula is C59H108O6. The van der Waals surface area contributed by atoms with Crippen LogP contribution in [-0.4, -0.2) is 37.2 Å². The lowest BCUT2D eigenvalue weighted by molar-refractivity contribution is -0.167. The molecule has 1 atom stereocenters. The molecule has 0 aromatic carbocycles. The third-order valence-electron chi connectivity index (χ3n) is 12.6. The quantitative estimate of drug-likeness (QED) is 0.0199. The van der Waals surface area contributed by atoms with Gasteiger partial charge in [-0.25, -0.2) is 0 Å². The maximum absolute atomic E-state index is 12.8. The molecule has 0 aromatic rings. The van der Waals surface area contributed by atoms with Gasteiger partial charge in [-0.15, -0.1) is 0 Å². The highest BCUT2D eigenvalue weighted by molar-refractivity contribution is 5.71. The summed E-state index contributed by atoms with van der Waals surface area (Å²) in [6.07, 6.45) is 64.1. The van der Waals surface area contributed by atoms with Crippen LogP contribution in [0.5, 0.6) is 0 Å². The Kier molecular flexibility index (Phi) is 52.3. The Labute approximate surface area is 404 Å². The highest BCUT2D eigenvalue weighted by atomic mass is 16.6. The molecule has 0 amide bonds. The van der Waals surface area contributed by atoms with Crippen LogP contribution in [-0.2, 0) is 28.6 Å². The van der Waals surface area contributed by atoms with Gasteiger partial charge in [0.25, 0.3) is 0 Å². The molecule has 6 nitrogen and oxygen atoms in total. The molecule has 0 aliphatic carbocycles. The van der Waals surface area contributed by atoms with E-state index in [1.165, 1.54) is 199 Å². The summed E-state index contributed by atoms with van der Waals surface area (Å²) in [7, 11) is 0. The van der Waals surface area contributed by atoms with Gasteiger partial charge in [-0.2, -0.15) is 0 Å². The zero-order chi connectivity index (χ0) is 47.2. The molecular weight excluding hydrogens is 805 g/mol. The van der Waals surface area contributed by atoms with Crippen molar-refractivity contribution in [1.82, 2.24) is 0 Å². The van der Waals surface area contributed by atoms with Gasteiger partial charge in [-0.05, 0) is 70.6 Å². The molecule has 0 spiro atoms. The van der Waals surface area contributed by atoms with Crippen LogP contribution in [0.15, 0.2) is 36.5 Å². The Balaban J connectivity index is 4.32. The first-order chi connectivity index (χ1) is 32.0. The highest BCUT2D eigenvalue weighted by Crippen LogP contribution is 2.16. The molecule has 0 fully saturated rings. The molecule has 0 saturated heterocycles. The van der Waals surface area contributed by atoms with Crippen molar-refractivity contribution in [2.24, 2.45) is 0 Å². The van der Waals surface area contributed by atoms with Crippen LogP contribution >= 0.6 is 0 Å². The van der Waals surface area contributed by atoms with Crippen LogP contribution in [0.3, 0.4) is 0 Å². The number of esters is 3. The van der Waals surface area contributed by atoms with Gasteiger partial charge in [-0.1, -0.05) is 250 Å². The molecule has 0 bridgehead atoms. The Bertz CT molecular complexity index is 1090. The molecule has 65 heavy (non-hydrogen) atoms. The molecule has 0 saturated carbocycles. The summed E-state index contributed by atoms with van der Waals surface area (Å²) < 4.78 is 16.9. The number of carbonyl (C=O) groups excluding carboxylic acids is 3. The standard InChI is InChI=1S/C59H108O6/c1-4-7-10-13-16-19-22-25-27-29-30-31-33-34-37-40-43-46-49-52-58(61)64-55-56(54-63-57(60)51-48-45-42-39-36-24-21-18-15-12-9-6-3)65-59(62)53-50-47-44-41-38-35-32-28-26-23-20-17-14-11-8-5-2/h16,18-19,21-22,25,56H,4-15,17,20,23-24,26-55H2,1-3H3/b19-16-,21-18-,25-22-. The van der Waals surface area contributed by atoms with Crippen molar-refractivity contribution in [3.8, 4) is 0 Å². The second-order valence-electron chi connectivity index (χ2n) is 19.2. The first kappa shape index (κ1) is 62.6. The van der Waals surface area contributed by atoms with E-state index in [4.69, 9.17) is 14.2 Å². The number of hydrogen-bond acceptors (Lipinski definition) is 6. The lowest BCUT2D eigenvalue weighted by Gasteiger charge is -2.18. The Morgan fingerprint density at radius 2 is 0.554 bits per heavy atom. The topological polar surface area (TPSA) is 78.9 Å². The number of rotatable bonds is 52. The van der Waals surface area contributed by atoms with E-state index in [0.717, 1.165) is 64.2 Å². The van der Waals surface area contributed by atoms with Crippen LogP contribution in [0.4, 0.5) is 0 Å². The van der Waals surface area contributed by atoms with Crippen molar-refractivity contribution in [2.75, 3.05) is 13.2 Å². The van der Waals surface area contributed by atoms with Gasteiger partial charge in [0.2, 0.25) is 0 Å². The van der Waals surface area contributed by atoms with E-state index < -0.39 is 6.10 Å². The predicted molar refractivity (Wildman–Crippen MR) is 279 cm³/mol. The lowest BCUT2D eigenvalue weighted by atomic mass is 10.0. The molecule has 0 rings (SSSR count). The van der Waals surface area contributed by atoms with Gasteiger partial charge < -0.3 is 14.2 Å². The van der Waals surface area contributed by atoms with E-state index in [-0.39, 0.29) is 31.1 Å². The first-order valence-electron chi connectivity index (χ1n) is 28.5. The molecule has 1 unspecified atom stereocenters. The Morgan fingerprint density at radius 3 is 0.892 bits per heavy atom. The van der Waals surface area contributed by atoms with Crippen LogP contribution in [0.1, 0.15) is 303 Å². The number of unbranched alkanes of at least 4 members (excludes halogenated alkanes) is 36. The number of ether oxygens (including phenoxy) is 3. The fraction of sp³-hybridized carbons (Fsp3) is 0.847. The van der Waals surface area contributed by atoms with Gasteiger partial charge >= 0.3 is 17.9 Å². The fourth-order valence-electron chi connectivity index (χ4n) is 8.31. The van der Waals surface area contributed by atoms with E-state index in [0.29, 0.717) is 19.3 Å². The number of hydrogen-bond donors (Lipinski definition) is 0. The summed E-state index contributed by atoms with van der Waals surface area (Å²) in [5.41, 5.74) is 0. The summed E-state index contributed by atoms with van der Waals surface area (Å²) in [5, 5.41) is 0. The monoisotopic (exact) mass is 913 g/mol. The van der Waals surface area contributed by atoms with Crippen molar-refractivity contribution in [3.05, 3.63) is 36.5 Å². The Morgan fingerprint density at radius 1 is 0.308 bits per heavy atom. The average Bonchev–Trinajstić information content (AvgIpc) is 3.30. The minimum Gasteiger partial charge on any atom is -0.462 e. The van der Waals surface area contributed by atoms with Crippen molar-refractivity contribution in [2.45, 2.75) is 309 Å². The molecule has 0 aromatic heterocycles. The second kappa shape index (κ2) is 54.2. The van der Waals surface area contributed by atoms with Crippen molar-refractivity contribution >= 4 is 17.9 Å². The van der Waals surface area contributed by atoms with E-state index >= 15 is 0 Å². The molecule has 0 radical (unpaired) electrons. The second-order valence-corrected chi connectivity index (χ2v) is 19.2. The molecule has 0 aliphatic rings. The highest BCUT2D eigenvalue weighted by Gasteiger charge is 2.19. The molecule has 0 N–H and O–H groups in total. The van der Waals surface area contributed by atoms with E-state index in [2.05, 4.69) is 57.2 Å². The van der Waals surface area contributed by atoms with Crippen LogP contribution in [0, 0.1) is 0 Å². The van der Waals surface area contributed by atoms with Crippen molar-refractivity contribution < 1.29 is 28.6 Å². The van der Waals surface area contributed by atoms with Gasteiger partial charge in [0.05, 0.1) is 0 Å². The van der Waals surface area contributed by atoms with Crippen molar-refractivity contribution in [1.29, 1.82) is 0 Å². The maximum Gasteiger partial charge on any atom is 0.306 e. The van der Waals surface area contributed by atoms with Gasteiger partial charge in [0.1, 0.15) is 13.2 Å². The summed E-state index contributed by atoms with van der Waals surface area (Å²) in [6.45, 7) is 6.62. The van der Waals surface area contributed by atoms with Crippen LogP contribution < -0.4 is 0 Å². The normalized spacial score (nSPS) is 12.2. The minimum atomic E-state index is -0.773. The molecule has 0 heterocycles. The third kappa shape index (κ3) is 52.5. The van der Waals surface area contributed by atoms with Crippen molar-refractivity contribution in [3.63, 3.8) is 0 Å². The summed E-state index contributed by atoms with van der Waals surface area (Å²) >= 11 is 0. The lowest BCUT2D eigenvalue weighted by Crippen LogP contribution is -2.30. The number of allylic oxidation sites excluding steroid dienone is 6. The van der Waals surface area contributed by atoms with E-state index in [1.54, 1.807) is 0 Å². The molecule has 380 valence electrons. The zero-order valence-electron chi connectivity index (χ0n) is 43.5. The molecule has 6 heteroatoms. The SMILES string of the molecule is CCCCC/C=C\C=C/CCCCCCCCCCCCC(=O)OCC(COC(=O)CCCCCCC/C=C\CCCCC)OC(=O)CCCCCCCCCCCCCCCCCC. The van der Waals surface area contributed by atoms with E-state index in [1.807, 2.05) is 0 Å². The summed E-state index contributed by atoms with van der Waals surface area (Å²) in [5.74, 6) is -0.869. The fourth-order valence-corrected chi connectivity index (χ4v) is 8.31. The third-order valence-corrected chi connectivity index (χ3v) is 12.6. The first-order valence-corrected chi connectivity index (χ1v) is 28.5. The van der Waals surface area contributed by atoms with E-state index in [9.17, 15) is 14.4 Å². The maximum atomic E-state index is 12.8. The smallest absolute Gasteiger partial charge is 0.306 e. The summed E-state index contributed by atoms with van der Waals surface area (Å²) in [4.78, 5) is 38.1. The van der Waals surface area contributed by atoms with Gasteiger partial charge in [-0.3, -0.25) is 14.4 Å². The Hall–Kier alpha value is -2.37. The number of carbonyl (C=O) groups is 3. The zero-order valence-corrected chi connectivity index (χ0v) is 43.5. The largest absolute Gasteiger partial charge is 0.462 e.